The third-order valence-electron chi connectivity index (χ3n) is 3.78. The summed E-state index contributed by atoms with van der Waals surface area (Å²) in [5.41, 5.74) is 1.96. The zero-order chi connectivity index (χ0) is 14.5. The van der Waals surface area contributed by atoms with Gasteiger partial charge in [0.2, 0.25) is 5.91 Å². The predicted octanol–water partition coefficient (Wildman–Crippen LogP) is 4.82. The van der Waals surface area contributed by atoms with Crippen molar-refractivity contribution >= 4 is 44.1 Å². The lowest BCUT2D eigenvalue weighted by atomic mass is 10.1. The van der Waals surface area contributed by atoms with Gasteiger partial charge >= 0.3 is 0 Å². The van der Waals surface area contributed by atoms with E-state index >= 15 is 0 Å². The lowest BCUT2D eigenvalue weighted by molar-refractivity contribution is -0.116. The molecule has 0 spiro atoms. The summed E-state index contributed by atoms with van der Waals surface area (Å²) in [6.45, 7) is 0. The van der Waals surface area contributed by atoms with Crippen LogP contribution in [0, 0.1) is 0 Å². The maximum Gasteiger partial charge on any atom is 0.224 e. The SMILES string of the molecule is O=C(CCCC[C@H]1CCSS1)Nc1cccc2[nH]ccc12. The summed E-state index contributed by atoms with van der Waals surface area (Å²) in [6.07, 6.45) is 7.23. The number of fused-ring (bicyclic) bond motifs is 1. The minimum atomic E-state index is 0.122. The number of carbonyl (C=O) groups excluding carboxylic acids is 1. The first-order valence-electron chi connectivity index (χ1n) is 7.47. The highest BCUT2D eigenvalue weighted by atomic mass is 33.1. The van der Waals surface area contributed by atoms with E-state index in [4.69, 9.17) is 0 Å². The van der Waals surface area contributed by atoms with E-state index in [0.717, 1.165) is 34.7 Å². The Kier molecular flexibility index (Phi) is 5.14. The van der Waals surface area contributed by atoms with Gasteiger partial charge in [0, 0.05) is 34.5 Å². The molecule has 3 nitrogen and oxygen atoms in total. The van der Waals surface area contributed by atoms with Gasteiger partial charge in [0.05, 0.1) is 5.69 Å². The van der Waals surface area contributed by atoms with Crippen molar-refractivity contribution in [3.63, 3.8) is 0 Å². The van der Waals surface area contributed by atoms with Crippen LogP contribution in [0.1, 0.15) is 32.1 Å². The molecule has 2 heterocycles. The van der Waals surface area contributed by atoms with E-state index in [1.165, 1.54) is 18.6 Å². The van der Waals surface area contributed by atoms with Gasteiger partial charge in [-0.2, -0.15) is 0 Å². The maximum absolute atomic E-state index is 12.0. The highest BCUT2D eigenvalue weighted by Crippen LogP contribution is 2.39. The van der Waals surface area contributed by atoms with Crippen LogP contribution in [0.4, 0.5) is 5.69 Å². The molecule has 112 valence electrons. The second kappa shape index (κ2) is 7.27. The Morgan fingerprint density at radius 2 is 2.29 bits per heavy atom. The van der Waals surface area contributed by atoms with Crippen molar-refractivity contribution in [2.75, 3.05) is 11.1 Å². The third kappa shape index (κ3) is 3.98. The number of rotatable bonds is 6. The minimum absolute atomic E-state index is 0.122. The van der Waals surface area contributed by atoms with Crippen LogP contribution < -0.4 is 5.32 Å². The molecule has 3 rings (SSSR count). The van der Waals surface area contributed by atoms with Crippen molar-refractivity contribution in [3.8, 4) is 0 Å². The van der Waals surface area contributed by atoms with E-state index in [1.54, 1.807) is 0 Å². The van der Waals surface area contributed by atoms with E-state index < -0.39 is 0 Å². The lowest BCUT2D eigenvalue weighted by Gasteiger charge is -2.08. The summed E-state index contributed by atoms with van der Waals surface area (Å²) < 4.78 is 0. The van der Waals surface area contributed by atoms with Gasteiger partial charge < -0.3 is 10.3 Å². The fraction of sp³-hybridized carbons (Fsp3) is 0.438. The highest BCUT2D eigenvalue weighted by molar-refractivity contribution is 8.77. The molecule has 1 atom stereocenters. The minimum Gasteiger partial charge on any atom is -0.361 e. The molecule has 1 fully saturated rings. The molecular weight excluding hydrogens is 300 g/mol. The summed E-state index contributed by atoms with van der Waals surface area (Å²) in [4.78, 5) is 15.2. The molecule has 1 aromatic carbocycles. The zero-order valence-corrected chi connectivity index (χ0v) is 13.6. The Bertz CT molecular complexity index is 605. The van der Waals surface area contributed by atoms with Crippen LogP contribution in [-0.4, -0.2) is 21.9 Å². The van der Waals surface area contributed by atoms with Crippen LogP contribution in [0.5, 0.6) is 0 Å². The van der Waals surface area contributed by atoms with Crippen LogP contribution in [0.25, 0.3) is 10.9 Å². The molecular formula is C16H20N2OS2. The summed E-state index contributed by atoms with van der Waals surface area (Å²) in [5.74, 6) is 1.41. The number of unbranched alkanes of at least 4 members (excludes halogenated alkanes) is 1. The Hall–Kier alpha value is -1.07. The van der Waals surface area contributed by atoms with Crippen molar-refractivity contribution in [1.29, 1.82) is 0 Å². The van der Waals surface area contributed by atoms with E-state index in [1.807, 2.05) is 52.1 Å². The molecule has 21 heavy (non-hydrogen) atoms. The summed E-state index contributed by atoms with van der Waals surface area (Å²) in [5, 5.41) is 4.92. The van der Waals surface area contributed by atoms with E-state index in [9.17, 15) is 4.79 Å². The number of H-pyrrole nitrogens is 1. The Morgan fingerprint density at radius 3 is 3.14 bits per heavy atom. The molecule has 2 N–H and O–H groups in total. The molecule has 1 amide bonds. The van der Waals surface area contributed by atoms with Gasteiger partial charge in [0.25, 0.3) is 0 Å². The van der Waals surface area contributed by atoms with Crippen LogP contribution in [0.3, 0.4) is 0 Å². The number of carbonyl (C=O) groups is 1. The largest absolute Gasteiger partial charge is 0.361 e. The average Bonchev–Trinajstić information content (AvgIpc) is 3.15. The van der Waals surface area contributed by atoms with Crippen LogP contribution in [-0.2, 0) is 4.79 Å². The monoisotopic (exact) mass is 320 g/mol. The topological polar surface area (TPSA) is 44.9 Å². The van der Waals surface area contributed by atoms with Gasteiger partial charge in [-0.05, 0) is 37.5 Å². The molecule has 1 aromatic heterocycles. The van der Waals surface area contributed by atoms with Gasteiger partial charge in [0.15, 0.2) is 0 Å². The Morgan fingerprint density at radius 1 is 1.33 bits per heavy atom. The van der Waals surface area contributed by atoms with Crippen LogP contribution in [0.2, 0.25) is 0 Å². The zero-order valence-electron chi connectivity index (χ0n) is 11.9. The standard InChI is InChI=1S/C16H20N2OS2/c19-16(7-2-1-4-12-9-11-20-21-12)18-15-6-3-5-14-13(15)8-10-17-14/h3,5-6,8,10,12,17H,1-2,4,7,9,11H2,(H,18,19)/t12-/m0/s1. The molecule has 0 unspecified atom stereocenters. The second-order valence-electron chi connectivity index (χ2n) is 5.37. The Labute approximate surface area is 133 Å². The van der Waals surface area contributed by atoms with Gasteiger partial charge in [-0.25, -0.2) is 0 Å². The maximum atomic E-state index is 12.0. The normalized spacial score (nSPS) is 18.2. The van der Waals surface area contributed by atoms with Crippen molar-refractivity contribution in [2.45, 2.75) is 37.4 Å². The van der Waals surface area contributed by atoms with Crippen molar-refractivity contribution in [1.82, 2.24) is 4.98 Å². The first kappa shape index (κ1) is 14.9. The van der Waals surface area contributed by atoms with Crippen LogP contribution in [0.15, 0.2) is 30.5 Å². The molecule has 5 heteroatoms. The summed E-state index contributed by atoms with van der Waals surface area (Å²) in [6, 6.07) is 7.94. The molecule has 0 aliphatic carbocycles. The molecule has 0 radical (unpaired) electrons. The van der Waals surface area contributed by atoms with Gasteiger partial charge in [-0.15, -0.1) is 0 Å². The van der Waals surface area contributed by atoms with Gasteiger partial charge in [0.1, 0.15) is 0 Å². The summed E-state index contributed by atoms with van der Waals surface area (Å²) in [7, 11) is 4.00. The van der Waals surface area contributed by atoms with E-state index in [0.29, 0.717) is 6.42 Å². The quantitative estimate of drug-likeness (QED) is 0.592. The molecule has 1 saturated heterocycles. The van der Waals surface area contributed by atoms with Crippen LogP contribution >= 0.6 is 21.6 Å². The molecule has 1 aliphatic rings. The number of hydrogen-bond donors (Lipinski definition) is 2. The van der Waals surface area contributed by atoms with Gasteiger partial charge in [-0.1, -0.05) is 34.1 Å². The van der Waals surface area contributed by atoms with Gasteiger partial charge in [-0.3, -0.25) is 4.79 Å². The molecule has 2 aromatic rings. The number of nitrogens with one attached hydrogen (secondary N) is 2. The second-order valence-corrected chi connectivity index (χ2v) is 8.15. The number of hydrogen-bond acceptors (Lipinski definition) is 3. The number of amides is 1. The fourth-order valence-electron chi connectivity index (χ4n) is 2.63. The van der Waals surface area contributed by atoms with E-state index in [2.05, 4.69) is 10.3 Å². The first-order chi connectivity index (χ1) is 10.3. The molecule has 0 saturated carbocycles. The van der Waals surface area contributed by atoms with Crippen molar-refractivity contribution in [2.24, 2.45) is 0 Å². The number of aromatic amines is 1. The van der Waals surface area contributed by atoms with Crippen molar-refractivity contribution in [3.05, 3.63) is 30.5 Å². The summed E-state index contributed by atoms with van der Waals surface area (Å²) >= 11 is 0. The third-order valence-corrected chi connectivity index (χ3v) is 6.78. The highest BCUT2D eigenvalue weighted by Gasteiger charge is 2.15. The predicted molar refractivity (Wildman–Crippen MR) is 93.9 cm³/mol. The van der Waals surface area contributed by atoms with E-state index in [-0.39, 0.29) is 5.91 Å². The van der Waals surface area contributed by atoms with Crippen molar-refractivity contribution < 1.29 is 4.79 Å². The number of anilines is 1. The first-order valence-corrected chi connectivity index (χ1v) is 9.85. The lowest BCUT2D eigenvalue weighted by Crippen LogP contribution is -2.11. The fourth-order valence-corrected chi connectivity index (χ4v) is 5.66. The average molecular weight is 320 g/mol. The number of benzene rings is 1. The molecule has 0 bridgehead atoms. The smallest absolute Gasteiger partial charge is 0.224 e. The number of aromatic nitrogens is 1. The molecule has 1 aliphatic heterocycles. The Balaban J connectivity index is 1.44.